The van der Waals surface area contributed by atoms with Gasteiger partial charge in [0.05, 0.1) is 4.75 Å². The standard InChI is InChI=1S/C12H16S2/c1-4-9-7-8-11(13)12(14,6-3)10(9)5-2/h4-6,11,13-14H,1-3,7-8H2. The molecule has 2 unspecified atom stereocenters. The highest BCUT2D eigenvalue weighted by atomic mass is 32.1. The quantitative estimate of drug-likeness (QED) is 0.531. The molecule has 0 aromatic heterocycles. The fraction of sp³-hybridized carbons (Fsp3) is 0.333. The smallest absolute Gasteiger partial charge is 0.0673 e. The van der Waals surface area contributed by atoms with E-state index in [0.29, 0.717) is 0 Å². The van der Waals surface area contributed by atoms with Crippen molar-refractivity contribution < 1.29 is 0 Å². The molecule has 0 aromatic rings. The number of hydrogen-bond donors (Lipinski definition) is 2. The molecule has 0 aromatic carbocycles. The second kappa shape index (κ2) is 4.45. The Morgan fingerprint density at radius 3 is 2.36 bits per heavy atom. The summed E-state index contributed by atoms with van der Waals surface area (Å²) in [4.78, 5) is 0. The molecule has 0 saturated carbocycles. The van der Waals surface area contributed by atoms with Gasteiger partial charge in [-0.25, -0.2) is 0 Å². The van der Waals surface area contributed by atoms with E-state index in [1.807, 2.05) is 18.2 Å². The largest absolute Gasteiger partial charge is 0.174 e. The average molecular weight is 224 g/mol. The van der Waals surface area contributed by atoms with Gasteiger partial charge in [-0.1, -0.05) is 31.4 Å². The third kappa shape index (κ3) is 1.73. The number of rotatable bonds is 3. The Labute approximate surface area is 97.3 Å². The molecule has 1 aliphatic rings. The fourth-order valence-corrected chi connectivity index (χ4v) is 2.57. The van der Waals surface area contributed by atoms with Crippen LogP contribution in [0.1, 0.15) is 12.8 Å². The first kappa shape index (κ1) is 11.7. The maximum absolute atomic E-state index is 4.66. The Bertz CT molecular complexity index is 301. The van der Waals surface area contributed by atoms with Gasteiger partial charge in [0.25, 0.3) is 0 Å². The molecule has 0 saturated heterocycles. The molecule has 0 radical (unpaired) electrons. The van der Waals surface area contributed by atoms with Crippen molar-refractivity contribution in [1.82, 2.24) is 0 Å². The van der Waals surface area contributed by atoms with E-state index < -0.39 is 0 Å². The Morgan fingerprint density at radius 2 is 1.93 bits per heavy atom. The van der Waals surface area contributed by atoms with Gasteiger partial charge in [-0.3, -0.25) is 0 Å². The summed E-state index contributed by atoms with van der Waals surface area (Å²) in [6.45, 7) is 11.5. The molecule has 1 aliphatic carbocycles. The Morgan fingerprint density at radius 1 is 1.29 bits per heavy atom. The van der Waals surface area contributed by atoms with Crippen LogP contribution < -0.4 is 0 Å². The van der Waals surface area contributed by atoms with Crippen LogP contribution in [-0.2, 0) is 0 Å². The van der Waals surface area contributed by atoms with E-state index >= 15 is 0 Å². The topological polar surface area (TPSA) is 0 Å². The SMILES string of the molecule is C=CC1=C(C=C)C(S)(C=C)C(S)CC1. The zero-order chi connectivity index (χ0) is 10.8. The first-order chi connectivity index (χ1) is 6.60. The summed E-state index contributed by atoms with van der Waals surface area (Å²) < 4.78 is -0.368. The second-order valence-corrected chi connectivity index (χ2v) is 4.79. The van der Waals surface area contributed by atoms with Gasteiger partial charge in [0, 0.05) is 5.25 Å². The van der Waals surface area contributed by atoms with Gasteiger partial charge in [-0.15, -0.1) is 6.58 Å². The molecule has 0 nitrogen and oxygen atoms in total. The number of allylic oxidation sites excluding steroid dienone is 3. The van der Waals surface area contributed by atoms with Crippen molar-refractivity contribution in [3.63, 3.8) is 0 Å². The lowest BCUT2D eigenvalue weighted by Crippen LogP contribution is -2.36. The molecule has 2 heteroatoms. The van der Waals surface area contributed by atoms with Crippen molar-refractivity contribution in [2.24, 2.45) is 0 Å². The molecule has 0 fully saturated rings. The summed E-state index contributed by atoms with van der Waals surface area (Å²) in [5.41, 5.74) is 2.30. The highest BCUT2D eigenvalue weighted by Crippen LogP contribution is 2.43. The summed E-state index contributed by atoms with van der Waals surface area (Å²) in [5.74, 6) is 0. The third-order valence-corrected chi connectivity index (χ3v) is 4.34. The minimum Gasteiger partial charge on any atom is -0.174 e. The molecule has 0 bridgehead atoms. The Hall–Kier alpha value is -0.340. The van der Waals surface area contributed by atoms with Crippen LogP contribution in [0.4, 0.5) is 0 Å². The minimum absolute atomic E-state index is 0.194. The van der Waals surface area contributed by atoms with E-state index in [0.717, 1.165) is 18.4 Å². The van der Waals surface area contributed by atoms with Crippen molar-refractivity contribution in [3.05, 3.63) is 49.1 Å². The minimum atomic E-state index is -0.368. The predicted molar refractivity (Wildman–Crippen MR) is 71.3 cm³/mol. The Kier molecular flexibility index (Phi) is 3.73. The van der Waals surface area contributed by atoms with Crippen molar-refractivity contribution in [1.29, 1.82) is 0 Å². The van der Waals surface area contributed by atoms with Crippen LogP contribution in [-0.4, -0.2) is 10.00 Å². The predicted octanol–water partition coefficient (Wildman–Crippen LogP) is 3.60. The summed E-state index contributed by atoms with van der Waals surface area (Å²) in [6.07, 6.45) is 7.55. The zero-order valence-corrected chi connectivity index (χ0v) is 10.0. The molecule has 0 spiro atoms. The van der Waals surface area contributed by atoms with E-state index in [1.165, 1.54) is 5.57 Å². The number of hydrogen-bond acceptors (Lipinski definition) is 2. The summed E-state index contributed by atoms with van der Waals surface area (Å²) in [5, 5.41) is 0.194. The second-order valence-electron chi connectivity index (χ2n) is 3.43. The van der Waals surface area contributed by atoms with Gasteiger partial charge in [-0.2, -0.15) is 25.3 Å². The lowest BCUT2D eigenvalue weighted by molar-refractivity contribution is 0.657. The molecule has 0 amide bonds. The highest BCUT2D eigenvalue weighted by Gasteiger charge is 2.36. The molecule has 76 valence electrons. The van der Waals surface area contributed by atoms with E-state index in [4.69, 9.17) is 0 Å². The summed E-state index contributed by atoms with van der Waals surface area (Å²) >= 11 is 9.21. The van der Waals surface area contributed by atoms with Gasteiger partial charge in [0.1, 0.15) is 0 Å². The van der Waals surface area contributed by atoms with Crippen LogP contribution in [0.5, 0.6) is 0 Å². The van der Waals surface area contributed by atoms with Crippen molar-refractivity contribution in [2.45, 2.75) is 22.8 Å². The van der Waals surface area contributed by atoms with Crippen LogP contribution >= 0.6 is 25.3 Å². The zero-order valence-electron chi connectivity index (χ0n) is 8.24. The molecule has 14 heavy (non-hydrogen) atoms. The maximum atomic E-state index is 4.66. The molecule has 1 rings (SSSR count). The fourth-order valence-electron chi connectivity index (χ4n) is 1.84. The van der Waals surface area contributed by atoms with Crippen LogP contribution in [0.25, 0.3) is 0 Å². The van der Waals surface area contributed by atoms with Gasteiger partial charge >= 0.3 is 0 Å². The van der Waals surface area contributed by atoms with Gasteiger partial charge in [0.15, 0.2) is 0 Å². The number of thiol groups is 2. The van der Waals surface area contributed by atoms with Crippen LogP contribution in [0.3, 0.4) is 0 Å². The van der Waals surface area contributed by atoms with E-state index in [9.17, 15) is 0 Å². The molecule has 0 aliphatic heterocycles. The third-order valence-electron chi connectivity index (χ3n) is 2.73. The van der Waals surface area contributed by atoms with Gasteiger partial charge < -0.3 is 0 Å². The summed E-state index contributed by atoms with van der Waals surface area (Å²) in [7, 11) is 0. The van der Waals surface area contributed by atoms with E-state index in [-0.39, 0.29) is 10.00 Å². The highest BCUT2D eigenvalue weighted by molar-refractivity contribution is 7.86. The van der Waals surface area contributed by atoms with Crippen molar-refractivity contribution in [3.8, 4) is 0 Å². The first-order valence-electron chi connectivity index (χ1n) is 4.62. The van der Waals surface area contributed by atoms with Gasteiger partial charge in [0.2, 0.25) is 0 Å². The molecular formula is C12H16S2. The van der Waals surface area contributed by atoms with Crippen LogP contribution in [0, 0.1) is 0 Å². The maximum Gasteiger partial charge on any atom is 0.0673 e. The summed E-state index contributed by atoms with van der Waals surface area (Å²) in [6, 6.07) is 0. The van der Waals surface area contributed by atoms with E-state index in [1.54, 1.807) is 0 Å². The monoisotopic (exact) mass is 224 g/mol. The molecule has 0 N–H and O–H groups in total. The lowest BCUT2D eigenvalue weighted by Gasteiger charge is -2.37. The van der Waals surface area contributed by atoms with Gasteiger partial charge in [-0.05, 0) is 24.0 Å². The van der Waals surface area contributed by atoms with Crippen LogP contribution in [0.15, 0.2) is 49.1 Å². The Balaban J connectivity index is 3.29. The molecule has 2 atom stereocenters. The average Bonchev–Trinajstić information content (AvgIpc) is 2.21. The lowest BCUT2D eigenvalue weighted by atomic mass is 9.81. The molecule has 0 heterocycles. The van der Waals surface area contributed by atoms with Crippen molar-refractivity contribution in [2.75, 3.05) is 0 Å². The van der Waals surface area contributed by atoms with E-state index in [2.05, 4.69) is 45.0 Å². The first-order valence-corrected chi connectivity index (χ1v) is 5.59. The normalized spacial score (nSPS) is 32.6. The van der Waals surface area contributed by atoms with Crippen LogP contribution in [0.2, 0.25) is 0 Å². The van der Waals surface area contributed by atoms with Crippen molar-refractivity contribution >= 4 is 25.3 Å². The molecular weight excluding hydrogens is 208 g/mol.